The second kappa shape index (κ2) is 28.0. The zero-order chi connectivity index (χ0) is 76.6. The molecular weight excluding hydrogens is 1420 g/mol. The average molecular weight is 1540 g/mol. The lowest BCUT2D eigenvalue weighted by Crippen LogP contribution is -2.24. The molecule has 2 aliphatic carbocycles. The van der Waals surface area contributed by atoms with Crippen molar-refractivity contribution in [3.63, 3.8) is 0 Å². The van der Waals surface area contributed by atoms with Gasteiger partial charge in [-0.25, -0.2) is 0 Å². The van der Waals surface area contributed by atoms with Crippen molar-refractivity contribution in [1.82, 2.24) is 0 Å². The second-order valence-electron chi connectivity index (χ2n) is 36.9. The molecule has 2 nitrogen and oxygen atoms in total. The summed E-state index contributed by atoms with van der Waals surface area (Å²) >= 11 is 7.77. The first-order chi connectivity index (χ1) is 50.4. The molecule has 0 bridgehead atoms. The third-order valence-corrected chi connectivity index (χ3v) is 25.6. The molecule has 0 aliphatic heterocycles. The molecule has 0 N–H and O–H groups in total. The fourth-order valence-electron chi connectivity index (χ4n) is 18.2. The smallest absolute Gasteiger partial charge is 0.0543 e. The van der Waals surface area contributed by atoms with Crippen molar-refractivity contribution in [2.45, 2.75) is 230 Å². The number of aryl methyl sites for hydroxylation is 8. The third-order valence-electron chi connectivity index (χ3n) is 24.3. The van der Waals surface area contributed by atoms with E-state index in [-0.39, 0.29) is 27.1 Å². The maximum atomic E-state index is 3.90. The van der Waals surface area contributed by atoms with Crippen LogP contribution in [0.3, 0.4) is 0 Å². The zero-order valence-electron chi connectivity index (χ0n) is 68.2. The minimum atomic E-state index is 0.00212. The highest BCUT2D eigenvalue weighted by molar-refractivity contribution is 9.11. The Balaban J connectivity index is 0.000000172. The van der Waals surface area contributed by atoms with E-state index in [0.29, 0.717) is 11.8 Å². The molecule has 548 valence electrons. The number of hydrogen-bond acceptors (Lipinski definition) is 2. The van der Waals surface area contributed by atoms with E-state index in [1.54, 1.807) is 0 Å². The van der Waals surface area contributed by atoms with Gasteiger partial charge in [0.1, 0.15) is 0 Å². The van der Waals surface area contributed by atoms with Crippen LogP contribution in [-0.4, -0.2) is 0 Å². The van der Waals surface area contributed by atoms with E-state index in [1.165, 1.54) is 209 Å². The molecule has 4 heteroatoms. The molecule has 0 saturated carbocycles. The number of nitrogens with zero attached hydrogens (tertiary/aromatic N) is 2. The Morgan fingerprint density at radius 2 is 0.710 bits per heavy atom. The standard InChI is InChI=1S/C60H66N2.C24H22Br2.C19H24/c1-36(2)48-35-52(62(45-23-19-16-20-24-45)57-39(5)31-43(32-40(57)6)59(10,11)12)49-34-50-53-41(27-28-60(50,13)14)33-51(47-26-25-46(48)54(49)55(47)53)61(44-21-17-15-18-22-44)56-37(3)29-42(30-38(56)4)58(7,8)9;1-12(2)16-11-20(26)17-10-18-21-13(7-8-24(18,3)4)9-19(25)15-6-5-14(16)22(17)23(15)21;1-14-11-17(19(3,4)5)12-15(2)18(14)13-16-9-7-6-8-10-16/h15-26,29-36H,27-28H2,1-14H3;5-6,9-12H,7-8H2,1-4H3;6-12H,13H2,1-5H3. The van der Waals surface area contributed by atoms with E-state index in [2.05, 4.69) is 389 Å². The molecule has 0 amide bonds. The quantitative estimate of drug-likeness (QED) is 0.126. The fraction of sp³-hybridized carbons (Fsp3) is 0.340. The summed E-state index contributed by atoms with van der Waals surface area (Å²) < 4.78 is 2.45. The van der Waals surface area contributed by atoms with Crippen LogP contribution in [0.4, 0.5) is 34.1 Å². The molecule has 0 atom stereocenters. The molecule has 0 saturated heterocycles. The summed E-state index contributed by atoms with van der Waals surface area (Å²) in [7, 11) is 0. The van der Waals surface area contributed by atoms with Gasteiger partial charge in [0.2, 0.25) is 0 Å². The summed E-state index contributed by atoms with van der Waals surface area (Å²) in [6, 6.07) is 71.8. The highest BCUT2D eigenvalue weighted by Crippen LogP contribution is 2.57. The number of rotatable bonds is 10. The molecule has 0 radical (unpaired) electrons. The minimum Gasteiger partial charge on any atom is -0.309 e. The van der Waals surface area contributed by atoms with Gasteiger partial charge in [-0.15, -0.1) is 0 Å². The Bertz CT molecular complexity index is 5680. The van der Waals surface area contributed by atoms with Gasteiger partial charge in [-0.05, 0) is 316 Å². The third kappa shape index (κ3) is 13.7. The molecule has 14 aromatic carbocycles. The fourth-order valence-corrected chi connectivity index (χ4v) is 19.3. The summed E-state index contributed by atoms with van der Waals surface area (Å²) in [5.74, 6) is 0.819. The van der Waals surface area contributed by atoms with Crippen molar-refractivity contribution in [1.29, 1.82) is 0 Å². The van der Waals surface area contributed by atoms with E-state index in [4.69, 9.17) is 0 Å². The first-order valence-corrected chi connectivity index (χ1v) is 41.0. The maximum Gasteiger partial charge on any atom is 0.0543 e. The van der Waals surface area contributed by atoms with Crippen LogP contribution in [0.1, 0.15) is 237 Å². The van der Waals surface area contributed by atoms with Gasteiger partial charge in [0, 0.05) is 36.5 Å². The van der Waals surface area contributed by atoms with E-state index < -0.39 is 0 Å². The monoisotopic (exact) mass is 1530 g/mol. The Kier molecular flexibility index (Phi) is 19.8. The van der Waals surface area contributed by atoms with Crippen LogP contribution < -0.4 is 9.80 Å². The van der Waals surface area contributed by atoms with Crippen LogP contribution in [-0.2, 0) is 46.3 Å². The molecule has 16 rings (SSSR count). The van der Waals surface area contributed by atoms with Crippen LogP contribution >= 0.6 is 31.9 Å². The van der Waals surface area contributed by atoms with E-state index in [1.807, 2.05) is 0 Å². The lowest BCUT2D eigenvalue weighted by Gasteiger charge is -2.38. The van der Waals surface area contributed by atoms with Crippen molar-refractivity contribution in [2.24, 2.45) is 0 Å². The summed E-state index contributed by atoms with van der Waals surface area (Å²) in [6.07, 6.45) is 5.54. The molecule has 0 aromatic heterocycles. The normalized spacial score (nSPS) is 14.2. The van der Waals surface area contributed by atoms with Crippen LogP contribution in [0.25, 0.3) is 64.6 Å². The highest BCUT2D eigenvalue weighted by Gasteiger charge is 2.37. The number of halogens is 2. The Labute approximate surface area is 657 Å². The Hall–Kier alpha value is -8.28. The largest absolute Gasteiger partial charge is 0.309 e. The van der Waals surface area contributed by atoms with Gasteiger partial charge in [0.25, 0.3) is 0 Å². The summed E-state index contributed by atoms with van der Waals surface area (Å²) in [6.45, 7) is 53.6. The zero-order valence-corrected chi connectivity index (χ0v) is 71.4. The van der Waals surface area contributed by atoms with Crippen molar-refractivity contribution in [3.05, 3.63) is 292 Å². The maximum absolute atomic E-state index is 3.90. The lowest BCUT2D eigenvalue weighted by atomic mass is 9.70. The summed E-state index contributed by atoms with van der Waals surface area (Å²) in [5, 5.41) is 16.7. The lowest BCUT2D eigenvalue weighted by molar-refractivity contribution is 0.475. The Morgan fingerprint density at radius 1 is 0.355 bits per heavy atom. The SMILES string of the molecule is CC(C)c1cc(Br)c2cc3c4c(cc(Br)c5ccc1c2c54)CCC3(C)C.Cc1cc(C(C)(C)C)cc(C)c1Cc1ccccc1.Cc1cc(C(C)(C)C)cc(C)c1N(c1ccccc1)c1cc(C(C)C)c2ccc3c(N(c4ccccc4)c4c(C)cc(C(C)(C)C)cc4C)cc4c5c(cc1c2c35)C(C)(C)CC4. The van der Waals surface area contributed by atoms with Crippen LogP contribution in [0.2, 0.25) is 0 Å². The van der Waals surface area contributed by atoms with Crippen LogP contribution in [0, 0.1) is 41.5 Å². The first kappa shape index (κ1) is 75.5. The van der Waals surface area contributed by atoms with Gasteiger partial charge < -0.3 is 9.80 Å². The molecule has 0 fully saturated rings. The van der Waals surface area contributed by atoms with Gasteiger partial charge >= 0.3 is 0 Å². The number of anilines is 6. The van der Waals surface area contributed by atoms with Crippen molar-refractivity contribution in [2.75, 3.05) is 9.80 Å². The summed E-state index contributed by atoms with van der Waals surface area (Å²) in [5.41, 5.74) is 31.7. The van der Waals surface area contributed by atoms with Gasteiger partial charge in [0.05, 0.1) is 22.7 Å². The van der Waals surface area contributed by atoms with Crippen molar-refractivity contribution < 1.29 is 0 Å². The molecule has 0 unspecified atom stereocenters. The molecule has 0 spiro atoms. The predicted octanol–water partition coefficient (Wildman–Crippen LogP) is 31.3. The highest BCUT2D eigenvalue weighted by atomic mass is 79.9. The van der Waals surface area contributed by atoms with Gasteiger partial charge in [-0.3, -0.25) is 0 Å². The molecular formula is C103H112Br2N2. The van der Waals surface area contributed by atoms with Gasteiger partial charge in [0.15, 0.2) is 0 Å². The molecule has 14 aromatic rings. The second-order valence-corrected chi connectivity index (χ2v) is 38.6. The molecule has 0 heterocycles. The first-order valence-electron chi connectivity index (χ1n) is 39.5. The number of hydrogen-bond donors (Lipinski definition) is 0. The van der Waals surface area contributed by atoms with Crippen LogP contribution in [0.15, 0.2) is 197 Å². The minimum absolute atomic E-state index is 0.00212. The van der Waals surface area contributed by atoms with Gasteiger partial charge in [-0.2, -0.15) is 0 Å². The van der Waals surface area contributed by atoms with E-state index in [0.717, 1.165) is 25.7 Å². The van der Waals surface area contributed by atoms with Gasteiger partial charge in [-0.1, -0.05) is 277 Å². The van der Waals surface area contributed by atoms with E-state index in [9.17, 15) is 0 Å². The van der Waals surface area contributed by atoms with E-state index >= 15 is 0 Å². The Morgan fingerprint density at radius 3 is 1.15 bits per heavy atom. The number of benzene rings is 14. The molecule has 107 heavy (non-hydrogen) atoms. The predicted molar refractivity (Wildman–Crippen MR) is 476 cm³/mol. The van der Waals surface area contributed by atoms with Crippen molar-refractivity contribution in [3.8, 4) is 0 Å². The summed E-state index contributed by atoms with van der Waals surface area (Å²) in [4.78, 5) is 5.18. The van der Waals surface area contributed by atoms with Crippen LogP contribution in [0.5, 0.6) is 0 Å². The average Bonchev–Trinajstić information content (AvgIpc) is 0.698. The molecule has 2 aliphatic rings. The van der Waals surface area contributed by atoms with Crippen molar-refractivity contribution >= 4 is 131 Å². The topological polar surface area (TPSA) is 6.48 Å². The number of para-hydroxylation sites is 2.